The lowest BCUT2D eigenvalue weighted by molar-refractivity contribution is 0.834. The maximum atomic E-state index is 6.29. The fourth-order valence-corrected chi connectivity index (χ4v) is 4.98. The van der Waals surface area contributed by atoms with Crippen LogP contribution in [0.3, 0.4) is 0 Å². The first-order valence-corrected chi connectivity index (χ1v) is 11.6. The molecule has 0 amide bonds. The van der Waals surface area contributed by atoms with Gasteiger partial charge in [0.1, 0.15) is 5.15 Å². The maximum absolute atomic E-state index is 6.29. The second-order valence-corrected chi connectivity index (χ2v) is 9.43. The quantitative estimate of drug-likeness (QED) is 0.256. The highest BCUT2D eigenvalue weighted by Crippen LogP contribution is 2.40. The molecule has 2 nitrogen and oxygen atoms in total. The van der Waals surface area contributed by atoms with E-state index in [0.29, 0.717) is 17.0 Å². The van der Waals surface area contributed by atoms with E-state index in [1.165, 1.54) is 44.2 Å². The Morgan fingerprint density at radius 1 is 0.719 bits per heavy atom. The van der Waals surface area contributed by atoms with Crippen molar-refractivity contribution in [3.8, 4) is 16.8 Å². The molecule has 3 aromatic carbocycles. The van der Waals surface area contributed by atoms with Crippen molar-refractivity contribution in [1.29, 1.82) is 0 Å². The molecule has 3 heteroatoms. The summed E-state index contributed by atoms with van der Waals surface area (Å²) in [6, 6.07) is 26.1. The van der Waals surface area contributed by atoms with Crippen LogP contribution in [0.4, 0.5) is 0 Å². The Hall–Kier alpha value is -3.10. The number of halogens is 1. The Balaban J connectivity index is 1.88. The van der Waals surface area contributed by atoms with Gasteiger partial charge in [0.15, 0.2) is 0 Å². The Bertz CT molecular complexity index is 1360. The molecule has 0 saturated carbocycles. The van der Waals surface area contributed by atoms with E-state index in [1.54, 1.807) is 6.20 Å². The number of benzene rings is 3. The van der Waals surface area contributed by atoms with E-state index >= 15 is 0 Å². The normalized spacial score (nSPS) is 11.8. The van der Waals surface area contributed by atoms with Gasteiger partial charge in [0, 0.05) is 22.7 Å². The van der Waals surface area contributed by atoms with Gasteiger partial charge in [0.05, 0.1) is 11.0 Å². The minimum Gasteiger partial charge on any atom is -0.309 e. The average molecular weight is 439 g/mol. The molecule has 0 aliphatic carbocycles. The van der Waals surface area contributed by atoms with Gasteiger partial charge in [-0.3, -0.25) is 0 Å². The van der Waals surface area contributed by atoms with Crippen LogP contribution < -0.4 is 0 Å². The first kappa shape index (κ1) is 20.8. The van der Waals surface area contributed by atoms with Gasteiger partial charge in [-0.05, 0) is 70.5 Å². The smallest absolute Gasteiger partial charge is 0.129 e. The van der Waals surface area contributed by atoms with Crippen molar-refractivity contribution in [3.05, 3.63) is 95.3 Å². The molecule has 0 spiro atoms. The Morgan fingerprint density at radius 3 is 1.75 bits per heavy atom. The van der Waals surface area contributed by atoms with Crippen LogP contribution in [0.1, 0.15) is 50.7 Å². The molecule has 5 aromatic rings. The van der Waals surface area contributed by atoms with Crippen LogP contribution >= 0.6 is 11.6 Å². The number of aromatic nitrogens is 2. The average Bonchev–Trinajstić information content (AvgIpc) is 3.12. The number of fused-ring (bicyclic) bond motifs is 3. The third-order valence-electron chi connectivity index (χ3n) is 6.28. The van der Waals surface area contributed by atoms with Gasteiger partial charge in [0.2, 0.25) is 0 Å². The van der Waals surface area contributed by atoms with Crippen LogP contribution in [0.5, 0.6) is 0 Å². The molecule has 5 rings (SSSR count). The molecular weight excluding hydrogens is 412 g/mol. The van der Waals surface area contributed by atoms with Gasteiger partial charge in [-0.1, -0.05) is 75.7 Å². The minimum atomic E-state index is 0.363. The molecule has 0 N–H and O–H groups in total. The molecule has 2 heterocycles. The summed E-state index contributed by atoms with van der Waals surface area (Å²) in [5, 5.41) is 3.09. The Labute approximate surface area is 194 Å². The summed E-state index contributed by atoms with van der Waals surface area (Å²) in [5.74, 6) is 0.727. The van der Waals surface area contributed by atoms with Crippen LogP contribution in [0, 0.1) is 0 Å². The molecule has 0 aliphatic heterocycles. The third kappa shape index (κ3) is 3.40. The molecule has 0 unspecified atom stereocenters. The number of para-hydroxylation sites is 2. The van der Waals surface area contributed by atoms with Crippen LogP contribution in [-0.4, -0.2) is 9.55 Å². The van der Waals surface area contributed by atoms with Crippen molar-refractivity contribution < 1.29 is 0 Å². The van der Waals surface area contributed by atoms with E-state index in [-0.39, 0.29) is 0 Å². The standard InChI is InChI=1S/C29H27ClN2/c1-18(2)24-16-21(17-25(19(3)4)29(24)20-13-14-31-28(30)15-20)32-26-11-7-5-9-22(26)23-10-6-8-12-27(23)32/h5-19H,1-4H3. The number of rotatable bonds is 4. The zero-order chi connectivity index (χ0) is 22.4. The number of nitrogens with zero attached hydrogens (tertiary/aromatic N) is 2. The molecule has 32 heavy (non-hydrogen) atoms. The third-order valence-corrected chi connectivity index (χ3v) is 6.49. The van der Waals surface area contributed by atoms with Gasteiger partial charge < -0.3 is 4.57 Å². The predicted octanol–water partition coefficient (Wildman–Crippen LogP) is 8.75. The second-order valence-electron chi connectivity index (χ2n) is 9.05. The monoisotopic (exact) mass is 438 g/mol. The molecule has 0 aliphatic rings. The lowest BCUT2D eigenvalue weighted by Gasteiger charge is -2.23. The van der Waals surface area contributed by atoms with E-state index in [0.717, 1.165) is 5.56 Å². The van der Waals surface area contributed by atoms with E-state index in [2.05, 4.69) is 104 Å². The van der Waals surface area contributed by atoms with Crippen LogP contribution in [-0.2, 0) is 0 Å². The number of pyridine rings is 1. The largest absolute Gasteiger partial charge is 0.309 e. The summed E-state index contributed by atoms with van der Waals surface area (Å²) in [4.78, 5) is 4.20. The zero-order valence-corrected chi connectivity index (χ0v) is 19.7. The molecule has 160 valence electrons. The van der Waals surface area contributed by atoms with Crippen LogP contribution in [0.15, 0.2) is 79.0 Å². The van der Waals surface area contributed by atoms with Crippen LogP contribution in [0.2, 0.25) is 5.15 Å². The van der Waals surface area contributed by atoms with Gasteiger partial charge in [0.25, 0.3) is 0 Å². The minimum absolute atomic E-state index is 0.363. The fourth-order valence-electron chi connectivity index (χ4n) is 4.80. The van der Waals surface area contributed by atoms with Crippen molar-refractivity contribution >= 4 is 33.4 Å². The van der Waals surface area contributed by atoms with Gasteiger partial charge >= 0.3 is 0 Å². The first-order chi connectivity index (χ1) is 15.5. The van der Waals surface area contributed by atoms with Gasteiger partial charge in [-0.15, -0.1) is 0 Å². The summed E-state index contributed by atoms with van der Waals surface area (Å²) in [6.07, 6.45) is 1.80. The summed E-state index contributed by atoms with van der Waals surface area (Å²) < 4.78 is 2.41. The van der Waals surface area contributed by atoms with Crippen molar-refractivity contribution in [3.63, 3.8) is 0 Å². The van der Waals surface area contributed by atoms with E-state index in [1.807, 2.05) is 6.07 Å². The predicted molar refractivity (Wildman–Crippen MR) is 137 cm³/mol. The molecular formula is C29H27ClN2. The van der Waals surface area contributed by atoms with Gasteiger partial charge in [-0.2, -0.15) is 0 Å². The SMILES string of the molecule is CC(C)c1cc(-n2c3ccccc3c3ccccc32)cc(C(C)C)c1-c1ccnc(Cl)c1. The van der Waals surface area contributed by atoms with E-state index < -0.39 is 0 Å². The van der Waals surface area contributed by atoms with Crippen molar-refractivity contribution in [1.82, 2.24) is 9.55 Å². The van der Waals surface area contributed by atoms with Crippen molar-refractivity contribution in [2.45, 2.75) is 39.5 Å². The molecule has 0 bridgehead atoms. The summed E-state index contributed by atoms with van der Waals surface area (Å²) in [5.41, 5.74) is 8.75. The fraction of sp³-hybridized carbons (Fsp3) is 0.207. The highest BCUT2D eigenvalue weighted by Gasteiger charge is 2.20. The highest BCUT2D eigenvalue weighted by molar-refractivity contribution is 6.29. The van der Waals surface area contributed by atoms with Crippen molar-refractivity contribution in [2.24, 2.45) is 0 Å². The molecule has 0 saturated heterocycles. The van der Waals surface area contributed by atoms with E-state index in [9.17, 15) is 0 Å². The topological polar surface area (TPSA) is 17.8 Å². The summed E-state index contributed by atoms with van der Waals surface area (Å²) >= 11 is 6.29. The molecule has 0 fully saturated rings. The lowest BCUT2D eigenvalue weighted by Crippen LogP contribution is -2.04. The molecule has 2 aromatic heterocycles. The second kappa shape index (κ2) is 8.11. The Kier molecular flexibility index (Phi) is 5.27. The molecule has 0 atom stereocenters. The van der Waals surface area contributed by atoms with Crippen molar-refractivity contribution in [2.75, 3.05) is 0 Å². The maximum Gasteiger partial charge on any atom is 0.129 e. The summed E-state index contributed by atoms with van der Waals surface area (Å²) in [6.45, 7) is 9.06. The summed E-state index contributed by atoms with van der Waals surface area (Å²) in [7, 11) is 0. The number of hydrogen-bond donors (Lipinski definition) is 0. The number of hydrogen-bond acceptors (Lipinski definition) is 1. The molecule has 0 radical (unpaired) electrons. The van der Waals surface area contributed by atoms with Gasteiger partial charge in [-0.25, -0.2) is 4.98 Å². The van der Waals surface area contributed by atoms with E-state index in [4.69, 9.17) is 11.6 Å². The zero-order valence-electron chi connectivity index (χ0n) is 18.9. The first-order valence-electron chi connectivity index (χ1n) is 11.2. The Morgan fingerprint density at radius 2 is 1.25 bits per heavy atom. The highest BCUT2D eigenvalue weighted by atomic mass is 35.5. The van der Waals surface area contributed by atoms with Crippen LogP contribution in [0.25, 0.3) is 38.6 Å². The lowest BCUT2D eigenvalue weighted by atomic mass is 9.84.